The number of aromatic nitrogens is 2. The van der Waals surface area contributed by atoms with Gasteiger partial charge in [0.1, 0.15) is 18.1 Å². The van der Waals surface area contributed by atoms with E-state index in [-0.39, 0.29) is 24.5 Å². The highest BCUT2D eigenvalue weighted by atomic mass is 32.1. The van der Waals surface area contributed by atoms with Gasteiger partial charge in [0, 0.05) is 24.1 Å². The molecule has 0 spiro atoms. The standard InChI is InChI=1S/C18H30N6O6S/c1-9(2)3-12(22-15(26)11(19)7-31)16(27)23-13(4-10-5-20-8-21-10)17(28)24-14(6-25)18(29)30/h5,8-9,11-14,25,31H,3-4,6-7,19H2,1-2H3,(H,20,21)(H,22,26)(H,23,27)(H,24,28)(H,29,30). The van der Waals surface area contributed by atoms with Crippen LogP contribution in [0, 0.1) is 5.92 Å². The zero-order valence-electron chi connectivity index (χ0n) is 17.4. The Bertz CT molecular complexity index is 744. The molecule has 0 aliphatic heterocycles. The smallest absolute Gasteiger partial charge is 0.328 e. The van der Waals surface area contributed by atoms with E-state index in [1.165, 1.54) is 12.5 Å². The molecule has 174 valence electrons. The average molecular weight is 459 g/mol. The van der Waals surface area contributed by atoms with E-state index in [4.69, 9.17) is 15.9 Å². The van der Waals surface area contributed by atoms with Crippen LogP contribution >= 0.6 is 12.6 Å². The van der Waals surface area contributed by atoms with Gasteiger partial charge in [-0.1, -0.05) is 13.8 Å². The number of amides is 3. The number of aromatic amines is 1. The molecule has 3 amide bonds. The van der Waals surface area contributed by atoms with E-state index in [0.29, 0.717) is 5.69 Å². The highest BCUT2D eigenvalue weighted by Gasteiger charge is 2.30. The SMILES string of the molecule is CC(C)CC(NC(=O)C(N)CS)C(=O)NC(Cc1cnc[nH]1)C(=O)NC(CO)C(=O)O. The van der Waals surface area contributed by atoms with E-state index >= 15 is 0 Å². The average Bonchev–Trinajstić information content (AvgIpc) is 3.22. The molecular formula is C18H30N6O6S. The summed E-state index contributed by atoms with van der Waals surface area (Å²) in [6.45, 7) is 2.90. The van der Waals surface area contributed by atoms with Gasteiger partial charge in [0.15, 0.2) is 0 Å². The number of aliphatic hydroxyl groups excluding tert-OH is 1. The van der Waals surface area contributed by atoms with Gasteiger partial charge in [-0.3, -0.25) is 14.4 Å². The Morgan fingerprint density at radius 1 is 1.10 bits per heavy atom. The second-order valence-corrected chi connectivity index (χ2v) is 7.77. The maximum atomic E-state index is 12.9. The predicted molar refractivity (Wildman–Crippen MR) is 114 cm³/mol. The number of carboxylic acid groups (broad SMARTS) is 1. The number of carbonyl (C=O) groups is 4. The first-order chi connectivity index (χ1) is 14.6. The second-order valence-electron chi connectivity index (χ2n) is 7.40. The number of nitrogens with zero attached hydrogens (tertiary/aromatic N) is 1. The maximum absolute atomic E-state index is 12.9. The highest BCUT2D eigenvalue weighted by Crippen LogP contribution is 2.07. The van der Waals surface area contributed by atoms with Gasteiger partial charge in [0.2, 0.25) is 17.7 Å². The highest BCUT2D eigenvalue weighted by molar-refractivity contribution is 7.80. The number of nitrogens with one attached hydrogen (secondary N) is 4. The third-order valence-electron chi connectivity index (χ3n) is 4.28. The van der Waals surface area contributed by atoms with Crippen LogP contribution in [0.4, 0.5) is 0 Å². The van der Waals surface area contributed by atoms with Crippen molar-refractivity contribution in [3.05, 3.63) is 18.2 Å². The lowest BCUT2D eigenvalue weighted by atomic mass is 10.0. The van der Waals surface area contributed by atoms with Crippen molar-refractivity contribution < 1.29 is 29.4 Å². The van der Waals surface area contributed by atoms with Crippen LogP contribution < -0.4 is 21.7 Å². The van der Waals surface area contributed by atoms with Gasteiger partial charge in [0.25, 0.3) is 0 Å². The lowest BCUT2D eigenvalue weighted by Crippen LogP contribution is -2.58. The largest absolute Gasteiger partial charge is 0.480 e. The summed E-state index contributed by atoms with van der Waals surface area (Å²) < 4.78 is 0. The maximum Gasteiger partial charge on any atom is 0.328 e. The molecule has 31 heavy (non-hydrogen) atoms. The van der Waals surface area contributed by atoms with Gasteiger partial charge in [0.05, 0.1) is 19.0 Å². The number of carboxylic acids is 1. The van der Waals surface area contributed by atoms with E-state index < -0.39 is 54.5 Å². The Morgan fingerprint density at radius 3 is 2.16 bits per heavy atom. The molecule has 0 bridgehead atoms. The summed E-state index contributed by atoms with van der Waals surface area (Å²) in [4.78, 5) is 55.5. The molecule has 4 atom stereocenters. The molecule has 0 radical (unpaired) electrons. The van der Waals surface area contributed by atoms with Crippen molar-refractivity contribution in [3.63, 3.8) is 0 Å². The number of aliphatic carboxylic acids is 1. The van der Waals surface area contributed by atoms with Crippen LogP contribution in [0.25, 0.3) is 0 Å². The Balaban J connectivity index is 3.01. The van der Waals surface area contributed by atoms with Gasteiger partial charge in [-0.05, 0) is 12.3 Å². The molecule has 0 fully saturated rings. The summed E-state index contributed by atoms with van der Waals surface area (Å²) in [5.74, 6) is -3.31. The van der Waals surface area contributed by atoms with Crippen molar-refractivity contribution >= 4 is 36.3 Å². The first-order valence-electron chi connectivity index (χ1n) is 9.67. The number of rotatable bonds is 13. The normalized spacial score (nSPS) is 14.9. The number of imidazole rings is 1. The Labute approximate surface area is 185 Å². The monoisotopic (exact) mass is 458 g/mol. The van der Waals surface area contributed by atoms with Gasteiger partial charge < -0.3 is 36.9 Å². The fraction of sp³-hybridized carbons (Fsp3) is 0.611. The number of hydrogen-bond acceptors (Lipinski definition) is 8. The molecular weight excluding hydrogens is 428 g/mol. The first kappa shape index (κ1) is 26.4. The van der Waals surface area contributed by atoms with E-state index in [2.05, 4.69) is 38.5 Å². The summed E-state index contributed by atoms with van der Waals surface area (Å²) >= 11 is 3.97. The van der Waals surface area contributed by atoms with E-state index in [1.54, 1.807) is 0 Å². The Morgan fingerprint density at radius 2 is 1.68 bits per heavy atom. The lowest BCUT2D eigenvalue weighted by molar-refractivity contribution is -0.143. The number of hydrogen-bond donors (Lipinski definition) is 8. The Hall–Kier alpha value is -2.64. The minimum absolute atomic E-state index is 0.0200. The quantitative estimate of drug-likeness (QED) is 0.152. The molecule has 13 heteroatoms. The molecule has 0 saturated heterocycles. The lowest BCUT2D eigenvalue weighted by Gasteiger charge is -2.25. The number of H-pyrrole nitrogens is 1. The fourth-order valence-electron chi connectivity index (χ4n) is 2.62. The number of carbonyl (C=O) groups excluding carboxylic acids is 3. The second kappa shape index (κ2) is 12.9. The van der Waals surface area contributed by atoms with Crippen LogP contribution in [0.3, 0.4) is 0 Å². The molecule has 0 aliphatic rings. The van der Waals surface area contributed by atoms with Crippen molar-refractivity contribution in [2.45, 2.75) is 50.9 Å². The fourth-order valence-corrected chi connectivity index (χ4v) is 2.79. The van der Waals surface area contributed by atoms with Crippen molar-refractivity contribution in [2.24, 2.45) is 11.7 Å². The third-order valence-corrected chi connectivity index (χ3v) is 4.68. The van der Waals surface area contributed by atoms with Gasteiger partial charge in [-0.15, -0.1) is 0 Å². The topological polar surface area (TPSA) is 200 Å². The summed E-state index contributed by atoms with van der Waals surface area (Å²) in [5, 5.41) is 25.5. The number of thiol groups is 1. The number of aliphatic hydroxyl groups is 1. The molecule has 0 aliphatic carbocycles. The van der Waals surface area contributed by atoms with E-state index in [9.17, 15) is 19.2 Å². The summed E-state index contributed by atoms with van der Waals surface area (Å²) in [6, 6.07) is -4.60. The van der Waals surface area contributed by atoms with Crippen LogP contribution in [0.2, 0.25) is 0 Å². The molecule has 12 nitrogen and oxygen atoms in total. The van der Waals surface area contributed by atoms with Crippen molar-refractivity contribution in [3.8, 4) is 0 Å². The number of nitrogens with two attached hydrogens (primary N) is 1. The van der Waals surface area contributed by atoms with E-state index in [1.807, 2.05) is 13.8 Å². The van der Waals surface area contributed by atoms with Crippen LogP contribution in [-0.2, 0) is 25.6 Å². The molecule has 1 aromatic rings. The summed E-state index contributed by atoms with van der Waals surface area (Å²) in [6.07, 6.45) is 3.10. The molecule has 0 aromatic carbocycles. The summed E-state index contributed by atoms with van der Waals surface area (Å²) in [5.41, 5.74) is 6.17. The molecule has 1 aromatic heterocycles. The van der Waals surface area contributed by atoms with Crippen LogP contribution in [-0.4, -0.2) is 80.4 Å². The predicted octanol–water partition coefficient (Wildman–Crippen LogP) is -2.21. The van der Waals surface area contributed by atoms with Crippen molar-refractivity contribution in [1.29, 1.82) is 0 Å². The van der Waals surface area contributed by atoms with Crippen molar-refractivity contribution in [1.82, 2.24) is 25.9 Å². The van der Waals surface area contributed by atoms with E-state index in [0.717, 1.165) is 0 Å². The van der Waals surface area contributed by atoms with Gasteiger partial charge >= 0.3 is 5.97 Å². The molecule has 4 unspecified atom stereocenters. The molecule has 0 saturated carbocycles. The minimum Gasteiger partial charge on any atom is -0.480 e. The zero-order chi connectivity index (χ0) is 23.6. The third kappa shape index (κ3) is 8.94. The molecule has 8 N–H and O–H groups in total. The molecule has 1 rings (SSSR count). The summed E-state index contributed by atoms with van der Waals surface area (Å²) in [7, 11) is 0. The van der Waals surface area contributed by atoms with Gasteiger partial charge in [-0.2, -0.15) is 12.6 Å². The van der Waals surface area contributed by atoms with Crippen LogP contribution in [0.5, 0.6) is 0 Å². The first-order valence-corrected chi connectivity index (χ1v) is 10.3. The van der Waals surface area contributed by atoms with Crippen LogP contribution in [0.15, 0.2) is 12.5 Å². The van der Waals surface area contributed by atoms with Crippen LogP contribution in [0.1, 0.15) is 26.0 Å². The zero-order valence-corrected chi connectivity index (χ0v) is 18.3. The van der Waals surface area contributed by atoms with Crippen molar-refractivity contribution in [2.75, 3.05) is 12.4 Å². The Kier molecular flexibility index (Phi) is 11.0. The van der Waals surface area contributed by atoms with Gasteiger partial charge in [-0.25, -0.2) is 9.78 Å². The minimum atomic E-state index is -1.53. The molecule has 1 heterocycles.